The molecule has 0 fully saturated rings. The van der Waals surface area contributed by atoms with Gasteiger partial charge < -0.3 is 0 Å². The molecule has 0 saturated carbocycles. The van der Waals surface area contributed by atoms with Gasteiger partial charge in [-0.1, -0.05) is 41.4 Å². The molecule has 26 heavy (non-hydrogen) atoms. The normalized spacial score (nSPS) is 10.9. The summed E-state index contributed by atoms with van der Waals surface area (Å²) in [5, 5.41) is 12.0. The van der Waals surface area contributed by atoms with Gasteiger partial charge in [0.25, 0.3) is 0 Å². The molecule has 0 radical (unpaired) electrons. The Labute approximate surface area is 157 Å². The fraction of sp³-hybridized carbons (Fsp3) is 0.333. The predicted octanol–water partition coefficient (Wildman–Crippen LogP) is 3.13. The average molecular weight is 373 g/mol. The van der Waals surface area contributed by atoms with Crippen molar-refractivity contribution in [1.29, 1.82) is 0 Å². The van der Waals surface area contributed by atoms with Crippen LogP contribution in [0.5, 0.6) is 0 Å². The summed E-state index contributed by atoms with van der Waals surface area (Å²) in [6, 6.07) is 8.19. The summed E-state index contributed by atoms with van der Waals surface area (Å²) in [7, 11) is 0. The molecule has 0 spiro atoms. The molecule has 0 aliphatic heterocycles. The number of hydrogen-bond donors (Lipinski definition) is 1. The summed E-state index contributed by atoms with van der Waals surface area (Å²) in [5.74, 6) is 0.135. The van der Waals surface area contributed by atoms with Crippen LogP contribution in [0.3, 0.4) is 0 Å². The SMILES string of the molecule is Cc1cccc(Cn2cnc(NC(=O)CCn3nc(C)c(Cl)c3C)n2)c1. The lowest BCUT2D eigenvalue weighted by Crippen LogP contribution is -2.16. The third-order valence-corrected chi connectivity index (χ3v) is 4.61. The number of aryl methyl sites for hydroxylation is 3. The number of carbonyl (C=O) groups is 1. The number of nitrogens with zero attached hydrogens (tertiary/aromatic N) is 5. The van der Waals surface area contributed by atoms with E-state index in [4.69, 9.17) is 11.6 Å². The lowest BCUT2D eigenvalue weighted by atomic mass is 10.1. The summed E-state index contributed by atoms with van der Waals surface area (Å²) in [6.07, 6.45) is 1.88. The second-order valence-electron chi connectivity index (χ2n) is 6.26. The van der Waals surface area contributed by atoms with E-state index in [1.165, 1.54) is 5.56 Å². The van der Waals surface area contributed by atoms with Crippen LogP contribution >= 0.6 is 11.6 Å². The number of carbonyl (C=O) groups excluding carboxylic acids is 1. The third kappa shape index (κ3) is 4.29. The van der Waals surface area contributed by atoms with Crippen molar-refractivity contribution in [3.8, 4) is 0 Å². The minimum atomic E-state index is -0.165. The molecule has 7 nitrogen and oxygen atoms in total. The first-order chi connectivity index (χ1) is 12.4. The summed E-state index contributed by atoms with van der Waals surface area (Å²) in [5.41, 5.74) is 3.95. The molecule has 0 bridgehead atoms. The first kappa shape index (κ1) is 18.1. The van der Waals surface area contributed by atoms with Crippen molar-refractivity contribution in [2.24, 2.45) is 0 Å². The number of nitrogens with one attached hydrogen (secondary N) is 1. The number of aromatic nitrogens is 5. The van der Waals surface area contributed by atoms with Gasteiger partial charge in [0.1, 0.15) is 6.33 Å². The molecule has 1 N–H and O–H groups in total. The Balaban J connectivity index is 1.55. The van der Waals surface area contributed by atoms with Crippen molar-refractivity contribution >= 4 is 23.5 Å². The van der Waals surface area contributed by atoms with Crippen LogP contribution in [-0.4, -0.2) is 30.5 Å². The fourth-order valence-corrected chi connectivity index (χ4v) is 2.85. The number of rotatable bonds is 6. The van der Waals surface area contributed by atoms with E-state index in [0.29, 0.717) is 24.1 Å². The summed E-state index contributed by atoms with van der Waals surface area (Å²) in [4.78, 5) is 16.3. The third-order valence-electron chi connectivity index (χ3n) is 4.06. The minimum Gasteiger partial charge on any atom is -0.293 e. The molecule has 2 heterocycles. The highest BCUT2D eigenvalue weighted by Crippen LogP contribution is 2.19. The number of hydrogen-bond acceptors (Lipinski definition) is 4. The Hall–Kier alpha value is -2.67. The molecule has 2 aromatic heterocycles. The van der Waals surface area contributed by atoms with Crippen molar-refractivity contribution in [2.75, 3.05) is 5.32 Å². The molecule has 1 aromatic carbocycles. The van der Waals surface area contributed by atoms with E-state index in [1.54, 1.807) is 15.7 Å². The van der Waals surface area contributed by atoms with E-state index in [9.17, 15) is 4.79 Å². The van der Waals surface area contributed by atoms with Gasteiger partial charge in [0.2, 0.25) is 11.9 Å². The zero-order chi connectivity index (χ0) is 18.7. The highest BCUT2D eigenvalue weighted by atomic mass is 35.5. The summed E-state index contributed by atoms with van der Waals surface area (Å²) >= 11 is 6.12. The van der Waals surface area contributed by atoms with Gasteiger partial charge in [-0.05, 0) is 26.3 Å². The summed E-state index contributed by atoms with van der Waals surface area (Å²) in [6.45, 7) is 6.84. The highest BCUT2D eigenvalue weighted by molar-refractivity contribution is 6.31. The first-order valence-electron chi connectivity index (χ1n) is 8.36. The van der Waals surface area contributed by atoms with Crippen LogP contribution in [0.1, 0.15) is 28.9 Å². The molecule has 136 valence electrons. The standard InChI is InChI=1S/C18H21ClN6O/c1-12-5-4-6-15(9-12)10-24-11-20-18(23-24)21-16(26)7-8-25-14(3)17(19)13(2)22-25/h4-6,9,11H,7-8,10H2,1-3H3,(H,21,23,26). The van der Waals surface area contributed by atoms with Crippen LogP contribution in [0.25, 0.3) is 0 Å². The van der Waals surface area contributed by atoms with E-state index >= 15 is 0 Å². The smallest absolute Gasteiger partial charge is 0.248 e. The van der Waals surface area contributed by atoms with E-state index in [2.05, 4.69) is 26.6 Å². The Kier molecular flexibility index (Phi) is 5.37. The van der Waals surface area contributed by atoms with Gasteiger partial charge in [-0.15, -0.1) is 5.10 Å². The number of halogens is 1. The molecule has 1 amide bonds. The Morgan fingerprint density at radius 2 is 2.04 bits per heavy atom. The molecule has 0 atom stereocenters. The monoisotopic (exact) mass is 372 g/mol. The van der Waals surface area contributed by atoms with Crippen LogP contribution in [0.4, 0.5) is 5.95 Å². The Morgan fingerprint density at radius 1 is 1.23 bits per heavy atom. The molecule has 3 rings (SSSR count). The minimum absolute atomic E-state index is 0.165. The van der Waals surface area contributed by atoms with Crippen molar-refractivity contribution < 1.29 is 4.79 Å². The van der Waals surface area contributed by atoms with Gasteiger partial charge in [0.05, 0.1) is 29.5 Å². The second kappa shape index (κ2) is 7.70. The Bertz CT molecular complexity index is 930. The van der Waals surface area contributed by atoms with E-state index in [1.807, 2.05) is 39.0 Å². The van der Waals surface area contributed by atoms with Gasteiger partial charge in [-0.25, -0.2) is 9.67 Å². The van der Waals surface area contributed by atoms with Gasteiger partial charge in [0.15, 0.2) is 0 Å². The largest absolute Gasteiger partial charge is 0.293 e. The maximum absolute atomic E-state index is 12.1. The quantitative estimate of drug-likeness (QED) is 0.721. The Morgan fingerprint density at radius 3 is 2.73 bits per heavy atom. The van der Waals surface area contributed by atoms with Gasteiger partial charge in [-0.2, -0.15) is 5.10 Å². The van der Waals surface area contributed by atoms with Crippen molar-refractivity contribution in [2.45, 2.75) is 40.3 Å². The zero-order valence-corrected chi connectivity index (χ0v) is 15.8. The lowest BCUT2D eigenvalue weighted by Gasteiger charge is -2.04. The first-order valence-corrected chi connectivity index (χ1v) is 8.74. The molecular formula is C18H21ClN6O. The lowest BCUT2D eigenvalue weighted by molar-refractivity contribution is -0.116. The average Bonchev–Trinajstić information content (AvgIpc) is 3.12. The molecule has 0 saturated heterocycles. The summed E-state index contributed by atoms with van der Waals surface area (Å²) < 4.78 is 3.44. The van der Waals surface area contributed by atoms with Crippen molar-refractivity contribution in [3.05, 3.63) is 58.1 Å². The van der Waals surface area contributed by atoms with Crippen LogP contribution in [0, 0.1) is 20.8 Å². The molecule has 0 unspecified atom stereocenters. The predicted molar refractivity (Wildman–Crippen MR) is 100 cm³/mol. The zero-order valence-electron chi connectivity index (χ0n) is 15.0. The maximum atomic E-state index is 12.1. The van der Waals surface area contributed by atoms with Crippen LogP contribution in [-0.2, 0) is 17.9 Å². The number of benzene rings is 1. The van der Waals surface area contributed by atoms with Gasteiger partial charge >= 0.3 is 0 Å². The molecule has 0 aliphatic rings. The maximum Gasteiger partial charge on any atom is 0.248 e. The number of anilines is 1. The topological polar surface area (TPSA) is 77.6 Å². The highest BCUT2D eigenvalue weighted by Gasteiger charge is 2.12. The van der Waals surface area contributed by atoms with Crippen LogP contribution < -0.4 is 5.32 Å². The molecular weight excluding hydrogens is 352 g/mol. The van der Waals surface area contributed by atoms with E-state index in [0.717, 1.165) is 17.0 Å². The van der Waals surface area contributed by atoms with Gasteiger partial charge in [-0.3, -0.25) is 14.8 Å². The molecule has 0 aliphatic carbocycles. The van der Waals surface area contributed by atoms with Crippen LogP contribution in [0.2, 0.25) is 5.02 Å². The fourth-order valence-electron chi connectivity index (χ4n) is 2.71. The van der Waals surface area contributed by atoms with Crippen LogP contribution in [0.15, 0.2) is 30.6 Å². The number of amides is 1. The second-order valence-corrected chi connectivity index (χ2v) is 6.64. The molecule has 3 aromatic rings. The molecule has 8 heteroatoms. The van der Waals surface area contributed by atoms with Gasteiger partial charge in [0, 0.05) is 6.42 Å². The van der Waals surface area contributed by atoms with Crippen molar-refractivity contribution in [1.82, 2.24) is 24.5 Å². The van der Waals surface area contributed by atoms with E-state index in [-0.39, 0.29) is 12.3 Å². The van der Waals surface area contributed by atoms with Crippen molar-refractivity contribution in [3.63, 3.8) is 0 Å². The van der Waals surface area contributed by atoms with E-state index < -0.39 is 0 Å².